The number of primary amides is 1. The second-order valence-electron chi connectivity index (χ2n) is 3.41. The second-order valence-corrected chi connectivity index (χ2v) is 4.26. The van der Waals surface area contributed by atoms with Crippen LogP contribution >= 0.6 is 15.9 Å². The highest BCUT2D eigenvalue weighted by molar-refractivity contribution is 9.10. The molecule has 1 rings (SSSR count). The maximum Gasteiger partial charge on any atom is 0.252 e. The summed E-state index contributed by atoms with van der Waals surface area (Å²) >= 11 is 3.23. The summed E-state index contributed by atoms with van der Waals surface area (Å²) in [4.78, 5) is 33.3. The van der Waals surface area contributed by atoms with Gasteiger partial charge in [-0.15, -0.1) is 0 Å². The van der Waals surface area contributed by atoms with E-state index in [0.717, 1.165) is 0 Å². The highest BCUT2D eigenvalue weighted by Crippen LogP contribution is 2.15. The number of carbonyl (C=O) groups is 3. The van der Waals surface area contributed by atoms with Crippen molar-refractivity contribution in [2.24, 2.45) is 5.73 Å². The van der Waals surface area contributed by atoms with Crippen molar-refractivity contribution in [2.45, 2.75) is 0 Å². The van der Waals surface area contributed by atoms with Gasteiger partial charge in [-0.2, -0.15) is 0 Å². The molecule has 0 atom stereocenters. The summed E-state index contributed by atoms with van der Waals surface area (Å²) in [6.45, 7) is -0.461. The smallest absolute Gasteiger partial charge is 0.252 e. The molecule has 0 fully saturated rings. The van der Waals surface area contributed by atoms with Gasteiger partial charge < -0.3 is 16.4 Å². The summed E-state index contributed by atoms with van der Waals surface area (Å²) in [5, 5.41) is 4.69. The van der Waals surface area contributed by atoms with Crippen LogP contribution in [0.15, 0.2) is 28.7 Å². The van der Waals surface area contributed by atoms with Gasteiger partial charge in [0.2, 0.25) is 11.8 Å². The summed E-state index contributed by atoms with van der Waals surface area (Å²) in [5.41, 5.74) is 5.29. The molecule has 0 bridgehead atoms. The number of carbonyl (C=O) groups excluding carboxylic acids is 3. The van der Waals surface area contributed by atoms with E-state index in [-0.39, 0.29) is 19.0 Å². The number of nitrogens with one attached hydrogen (secondary N) is 2. The van der Waals surface area contributed by atoms with Crippen molar-refractivity contribution in [3.8, 4) is 0 Å². The minimum atomic E-state index is -0.638. The molecule has 7 heteroatoms. The van der Waals surface area contributed by atoms with Gasteiger partial charge in [0, 0.05) is 4.47 Å². The van der Waals surface area contributed by atoms with Crippen LogP contribution in [-0.4, -0.2) is 30.8 Å². The van der Waals surface area contributed by atoms with E-state index in [4.69, 9.17) is 5.73 Å². The molecule has 0 aliphatic carbocycles. The van der Waals surface area contributed by atoms with Gasteiger partial charge in [-0.1, -0.05) is 12.1 Å². The van der Waals surface area contributed by atoms with Crippen LogP contribution in [-0.2, 0) is 9.59 Å². The molecule has 0 heterocycles. The average Bonchev–Trinajstić information content (AvgIpc) is 2.34. The van der Waals surface area contributed by atoms with Crippen LogP contribution in [0.5, 0.6) is 0 Å². The zero-order chi connectivity index (χ0) is 13.5. The predicted molar refractivity (Wildman–Crippen MR) is 68.7 cm³/mol. The standard InChI is InChI=1S/C11H12BrN3O3/c12-8-4-2-1-3-7(8)11(18)15-6-10(17)14-5-9(13)16/h1-4H,5-6H2,(H2,13,16)(H,14,17)(H,15,18). The normalized spacial score (nSPS) is 9.61. The zero-order valence-electron chi connectivity index (χ0n) is 9.40. The van der Waals surface area contributed by atoms with Crippen LogP contribution in [0.25, 0.3) is 0 Å². The van der Waals surface area contributed by atoms with E-state index in [1.807, 2.05) is 0 Å². The Labute approximate surface area is 112 Å². The quantitative estimate of drug-likeness (QED) is 0.700. The summed E-state index contributed by atoms with van der Waals surface area (Å²) < 4.78 is 0.639. The lowest BCUT2D eigenvalue weighted by Gasteiger charge is -2.06. The topological polar surface area (TPSA) is 101 Å². The van der Waals surface area contributed by atoms with Crippen molar-refractivity contribution in [3.63, 3.8) is 0 Å². The highest BCUT2D eigenvalue weighted by atomic mass is 79.9. The molecular formula is C11H12BrN3O3. The molecule has 0 unspecified atom stereocenters. The number of hydrogen-bond donors (Lipinski definition) is 3. The molecule has 4 N–H and O–H groups in total. The minimum absolute atomic E-state index is 0.215. The fourth-order valence-electron chi connectivity index (χ4n) is 1.15. The van der Waals surface area contributed by atoms with E-state index in [1.54, 1.807) is 24.3 Å². The molecule has 96 valence electrons. The first-order valence-electron chi connectivity index (χ1n) is 5.08. The van der Waals surface area contributed by atoms with Crippen LogP contribution in [0.4, 0.5) is 0 Å². The molecule has 1 aromatic carbocycles. The van der Waals surface area contributed by atoms with E-state index in [9.17, 15) is 14.4 Å². The summed E-state index contributed by atoms with van der Waals surface area (Å²) in [5.74, 6) is -1.49. The Bertz CT molecular complexity index is 476. The van der Waals surface area contributed by atoms with Crippen LogP contribution < -0.4 is 16.4 Å². The Kier molecular flexibility index (Phi) is 5.31. The van der Waals surface area contributed by atoms with Gasteiger partial charge >= 0.3 is 0 Å². The Balaban J connectivity index is 2.45. The fourth-order valence-corrected chi connectivity index (χ4v) is 1.61. The van der Waals surface area contributed by atoms with E-state index in [2.05, 4.69) is 26.6 Å². The van der Waals surface area contributed by atoms with Gasteiger partial charge in [0.1, 0.15) is 0 Å². The molecule has 0 aliphatic rings. The van der Waals surface area contributed by atoms with Gasteiger partial charge in [0.25, 0.3) is 5.91 Å². The molecule has 0 aliphatic heterocycles. The van der Waals surface area contributed by atoms with E-state index < -0.39 is 11.8 Å². The number of rotatable bonds is 5. The molecule has 3 amide bonds. The lowest BCUT2D eigenvalue weighted by atomic mass is 10.2. The number of halogens is 1. The van der Waals surface area contributed by atoms with Gasteiger partial charge in [0.05, 0.1) is 18.7 Å². The molecule has 0 saturated heterocycles. The Morgan fingerprint density at radius 3 is 2.39 bits per heavy atom. The van der Waals surface area contributed by atoms with E-state index >= 15 is 0 Å². The number of amides is 3. The summed E-state index contributed by atoms with van der Waals surface area (Å²) in [6.07, 6.45) is 0. The fraction of sp³-hybridized carbons (Fsp3) is 0.182. The van der Waals surface area contributed by atoms with Crippen molar-refractivity contribution >= 4 is 33.7 Å². The molecule has 0 radical (unpaired) electrons. The van der Waals surface area contributed by atoms with Crippen molar-refractivity contribution < 1.29 is 14.4 Å². The largest absolute Gasteiger partial charge is 0.368 e. The van der Waals surface area contributed by atoms with Crippen LogP contribution in [0.1, 0.15) is 10.4 Å². The zero-order valence-corrected chi connectivity index (χ0v) is 11.0. The first kappa shape index (κ1) is 14.2. The lowest BCUT2D eigenvalue weighted by molar-refractivity contribution is -0.124. The van der Waals surface area contributed by atoms with Crippen LogP contribution in [0.2, 0.25) is 0 Å². The van der Waals surface area contributed by atoms with Crippen molar-refractivity contribution in [3.05, 3.63) is 34.3 Å². The van der Waals surface area contributed by atoms with Crippen molar-refractivity contribution in [1.29, 1.82) is 0 Å². The lowest BCUT2D eigenvalue weighted by Crippen LogP contribution is -2.40. The summed E-state index contributed by atoms with van der Waals surface area (Å²) in [6, 6.07) is 6.84. The summed E-state index contributed by atoms with van der Waals surface area (Å²) in [7, 11) is 0. The Morgan fingerprint density at radius 2 is 1.78 bits per heavy atom. The first-order valence-corrected chi connectivity index (χ1v) is 5.87. The maximum atomic E-state index is 11.7. The number of nitrogens with two attached hydrogens (primary N) is 1. The van der Waals surface area contributed by atoms with Gasteiger partial charge in [-0.05, 0) is 28.1 Å². The van der Waals surface area contributed by atoms with Gasteiger partial charge in [0.15, 0.2) is 0 Å². The Morgan fingerprint density at radius 1 is 1.11 bits per heavy atom. The first-order chi connectivity index (χ1) is 8.50. The van der Waals surface area contributed by atoms with Gasteiger partial charge in [-0.25, -0.2) is 0 Å². The third-order valence-electron chi connectivity index (χ3n) is 1.99. The molecule has 1 aromatic rings. The molecular weight excluding hydrogens is 302 g/mol. The third kappa shape index (κ3) is 4.54. The number of hydrogen-bond acceptors (Lipinski definition) is 3. The predicted octanol–water partition coefficient (Wildman–Crippen LogP) is -0.220. The van der Waals surface area contributed by atoms with E-state index in [1.165, 1.54) is 0 Å². The van der Waals surface area contributed by atoms with Crippen molar-refractivity contribution in [2.75, 3.05) is 13.1 Å². The van der Waals surface area contributed by atoms with E-state index in [0.29, 0.717) is 10.0 Å². The third-order valence-corrected chi connectivity index (χ3v) is 2.68. The van der Waals surface area contributed by atoms with Crippen LogP contribution in [0, 0.1) is 0 Å². The Hall–Kier alpha value is -1.89. The van der Waals surface area contributed by atoms with Crippen molar-refractivity contribution in [1.82, 2.24) is 10.6 Å². The number of benzene rings is 1. The molecule has 6 nitrogen and oxygen atoms in total. The van der Waals surface area contributed by atoms with Gasteiger partial charge in [-0.3, -0.25) is 14.4 Å². The monoisotopic (exact) mass is 313 g/mol. The SMILES string of the molecule is NC(=O)CNC(=O)CNC(=O)c1ccccc1Br. The minimum Gasteiger partial charge on any atom is -0.368 e. The van der Waals surface area contributed by atoms with Crippen LogP contribution in [0.3, 0.4) is 0 Å². The highest BCUT2D eigenvalue weighted by Gasteiger charge is 2.10. The molecule has 0 aromatic heterocycles. The molecule has 0 spiro atoms. The average molecular weight is 314 g/mol. The molecule has 18 heavy (non-hydrogen) atoms. The molecule has 0 saturated carbocycles. The second kappa shape index (κ2) is 6.75. The maximum absolute atomic E-state index is 11.7.